The van der Waals surface area contributed by atoms with Crippen LogP contribution in [-0.2, 0) is 6.54 Å². The molecule has 1 aliphatic heterocycles. The van der Waals surface area contributed by atoms with E-state index in [-0.39, 0.29) is 0 Å². The molecule has 3 aromatic rings. The highest BCUT2D eigenvalue weighted by molar-refractivity contribution is 7.13. The zero-order valence-electron chi connectivity index (χ0n) is 13.6. The second-order valence-corrected chi connectivity index (χ2v) is 6.87. The van der Waals surface area contributed by atoms with E-state index in [9.17, 15) is 0 Å². The average molecular weight is 341 g/mol. The van der Waals surface area contributed by atoms with Gasteiger partial charge in [0.1, 0.15) is 11.5 Å². The minimum absolute atomic E-state index is 0.895. The lowest BCUT2D eigenvalue weighted by Crippen LogP contribution is -2.46. The first-order valence-electron chi connectivity index (χ1n) is 8.04. The highest BCUT2D eigenvalue weighted by Gasteiger charge is 2.19. The Morgan fingerprint density at radius 1 is 1.12 bits per heavy atom. The maximum Gasteiger partial charge on any atom is 0.151 e. The maximum absolute atomic E-state index is 5.13. The van der Waals surface area contributed by atoms with Gasteiger partial charge in [0, 0.05) is 38.3 Å². The van der Waals surface area contributed by atoms with Gasteiger partial charge in [-0.05, 0) is 30.5 Å². The van der Waals surface area contributed by atoms with Gasteiger partial charge < -0.3 is 9.42 Å². The number of rotatable bonds is 4. The Morgan fingerprint density at radius 2 is 2.00 bits per heavy atom. The summed E-state index contributed by atoms with van der Waals surface area (Å²) < 4.78 is 5.13. The molecule has 0 unspecified atom stereocenters. The Balaban J connectivity index is 1.36. The van der Waals surface area contributed by atoms with E-state index in [1.54, 1.807) is 11.3 Å². The van der Waals surface area contributed by atoms with Crippen LogP contribution in [0.5, 0.6) is 0 Å². The fourth-order valence-corrected chi connectivity index (χ4v) is 3.59. The molecule has 0 amide bonds. The molecule has 0 radical (unpaired) electrons. The van der Waals surface area contributed by atoms with E-state index >= 15 is 0 Å². The fraction of sp³-hybridized carbons (Fsp3) is 0.353. The summed E-state index contributed by atoms with van der Waals surface area (Å²) in [6.45, 7) is 6.77. The quantitative estimate of drug-likeness (QED) is 0.727. The first-order valence-corrected chi connectivity index (χ1v) is 8.92. The molecule has 1 saturated heterocycles. The minimum atomic E-state index is 0.895. The highest BCUT2D eigenvalue weighted by Crippen LogP contribution is 2.23. The summed E-state index contributed by atoms with van der Waals surface area (Å²) in [5.41, 5.74) is 2.11. The maximum atomic E-state index is 5.13. The third-order valence-electron chi connectivity index (χ3n) is 4.36. The van der Waals surface area contributed by atoms with E-state index in [1.165, 1.54) is 5.56 Å². The standard InChI is InChI=1S/C17H19N5OS/c1-13-14(11-18-23-13)12-21-6-8-22(9-7-21)17-5-4-15(19-20-17)16-3-2-10-24-16/h2-5,10-11H,6-9,12H2,1H3. The van der Waals surface area contributed by atoms with Crippen LogP contribution in [0.3, 0.4) is 0 Å². The normalized spacial score (nSPS) is 15.8. The monoisotopic (exact) mass is 341 g/mol. The van der Waals surface area contributed by atoms with Crippen molar-refractivity contribution in [3.63, 3.8) is 0 Å². The van der Waals surface area contributed by atoms with Gasteiger partial charge in [0.25, 0.3) is 0 Å². The number of aryl methyl sites for hydroxylation is 1. The molecule has 124 valence electrons. The second-order valence-electron chi connectivity index (χ2n) is 5.92. The molecule has 0 atom stereocenters. The molecule has 1 fully saturated rings. The summed E-state index contributed by atoms with van der Waals surface area (Å²) in [4.78, 5) is 5.87. The first kappa shape index (κ1) is 15.3. The molecule has 1 aliphatic rings. The Hall–Kier alpha value is -2.25. The van der Waals surface area contributed by atoms with Crippen molar-refractivity contribution in [2.24, 2.45) is 0 Å². The number of anilines is 1. The highest BCUT2D eigenvalue weighted by atomic mass is 32.1. The largest absolute Gasteiger partial charge is 0.361 e. The van der Waals surface area contributed by atoms with Crippen molar-refractivity contribution in [1.82, 2.24) is 20.3 Å². The molecule has 0 aromatic carbocycles. The van der Waals surface area contributed by atoms with Gasteiger partial charge in [-0.25, -0.2) is 0 Å². The minimum Gasteiger partial charge on any atom is -0.361 e. The lowest BCUT2D eigenvalue weighted by molar-refractivity contribution is 0.247. The summed E-state index contributed by atoms with van der Waals surface area (Å²) in [7, 11) is 0. The van der Waals surface area contributed by atoms with Crippen molar-refractivity contribution < 1.29 is 4.52 Å². The molecule has 0 bridgehead atoms. The van der Waals surface area contributed by atoms with Gasteiger partial charge in [-0.3, -0.25) is 4.90 Å². The topological polar surface area (TPSA) is 58.3 Å². The molecule has 3 aromatic heterocycles. The molecule has 0 aliphatic carbocycles. The van der Waals surface area contributed by atoms with Gasteiger partial charge in [-0.1, -0.05) is 11.2 Å². The number of thiophene rings is 1. The van der Waals surface area contributed by atoms with Crippen molar-refractivity contribution in [2.75, 3.05) is 31.1 Å². The van der Waals surface area contributed by atoms with E-state index < -0.39 is 0 Å². The average Bonchev–Trinajstić information content (AvgIpc) is 3.29. The van der Waals surface area contributed by atoms with Crippen LogP contribution < -0.4 is 4.90 Å². The third kappa shape index (κ3) is 3.18. The summed E-state index contributed by atoms with van der Waals surface area (Å²) in [6, 6.07) is 8.23. The number of piperazine rings is 1. The Bertz CT molecular complexity index is 776. The van der Waals surface area contributed by atoms with E-state index in [1.807, 2.05) is 19.2 Å². The van der Waals surface area contributed by atoms with Gasteiger partial charge in [-0.2, -0.15) is 0 Å². The van der Waals surface area contributed by atoms with Crippen molar-refractivity contribution in [2.45, 2.75) is 13.5 Å². The number of nitrogens with zero attached hydrogens (tertiary/aromatic N) is 5. The van der Waals surface area contributed by atoms with Crippen LogP contribution in [0, 0.1) is 6.92 Å². The van der Waals surface area contributed by atoms with Crippen molar-refractivity contribution in [3.8, 4) is 10.6 Å². The molecule has 0 saturated carbocycles. The van der Waals surface area contributed by atoms with Gasteiger partial charge >= 0.3 is 0 Å². The van der Waals surface area contributed by atoms with E-state index in [2.05, 4.69) is 48.7 Å². The van der Waals surface area contributed by atoms with Crippen LogP contribution in [0.2, 0.25) is 0 Å². The summed E-state index contributed by atoms with van der Waals surface area (Å²) in [5.74, 6) is 1.86. The Labute approximate surface area is 144 Å². The van der Waals surface area contributed by atoms with E-state index in [0.717, 1.165) is 54.9 Å². The van der Waals surface area contributed by atoms with Crippen LogP contribution in [0.25, 0.3) is 10.6 Å². The van der Waals surface area contributed by atoms with E-state index in [0.29, 0.717) is 0 Å². The van der Waals surface area contributed by atoms with Crippen molar-refractivity contribution in [1.29, 1.82) is 0 Å². The molecule has 4 heterocycles. The number of hydrogen-bond donors (Lipinski definition) is 0. The summed E-state index contributed by atoms with van der Waals surface area (Å²) in [5, 5.41) is 14.7. The Kier molecular flexibility index (Phi) is 4.27. The molecule has 0 N–H and O–H groups in total. The molecular formula is C17H19N5OS. The van der Waals surface area contributed by atoms with Gasteiger partial charge in [0.15, 0.2) is 5.82 Å². The van der Waals surface area contributed by atoms with Crippen molar-refractivity contribution >= 4 is 17.2 Å². The molecule has 0 spiro atoms. The SMILES string of the molecule is Cc1oncc1CN1CCN(c2ccc(-c3cccs3)nn2)CC1. The molecular weight excluding hydrogens is 322 g/mol. The van der Waals surface area contributed by atoms with Gasteiger partial charge in [0.05, 0.1) is 11.1 Å². The lowest BCUT2D eigenvalue weighted by Gasteiger charge is -2.34. The zero-order chi connectivity index (χ0) is 16.4. The smallest absolute Gasteiger partial charge is 0.151 e. The van der Waals surface area contributed by atoms with Crippen molar-refractivity contribution in [3.05, 3.63) is 47.2 Å². The van der Waals surface area contributed by atoms with Crippen LogP contribution in [-0.4, -0.2) is 46.4 Å². The van der Waals surface area contributed by atoms with E-state index in [4.69, 9.17) is 4.52 Å². The van der Waals surface area contributed by atoms with Gasteiger partial charge in [0.2, 0.25) is 0 Å². The summed E-state index contributed by atoms with van der Waals surface area (Å²) >= 11 is 1.68. The number of hydrogen-bond acceptors (Lipinski definition) is 7. The predicted octanol–water partition coefficient (Wildman–Crippen LogP) is 2.82. The van der Waals surface area contributed by atoms with Crippen LogP contribution in [0.15, 0.2) is 40.4 Å². The Morgan fingerprint density at radius 3 is 2.62 bits per heavy atom. The van der Waals surface area contributed by atoms with Crippen LogP contribution in [0.1, 0.15) is 11.3 Å². The first-order chi connectivity index (χ1) is 11.8. The molecule has 7 heteroatoms. The lowest BCUT2D eigenvalue weighted by atomic mass is 10.2. The second kappa shape index (κ2) is 6.70. The number of aromatic nitrogens is 3. The third-order valence-corrected chi connectivity index (χ3v) is 5.26. The predicted molar refractivity (Wildman–Crippen MR) is 94.1 cm³/mol. The fourth-order valence-electron chi connectivity index (χ4n) is 2.90. The molecule has 24 heavy (non-hydrogen) atoms. The molecule has 6 nitrogen and oxygen atoms in total. The van der Waals surface area contributed by atoms with Crippen LogP contribution >= 0.6 is 11.3 Å². The zero-order valence-corrected chi connectivity index (χ0v) is 14.4. The van der Waals surface area contributed by atoms with Gasteiger partial charge in [-0.15, -0.1) is 21.5 Å². The molecule has 4 rings (SSSR count). The van der Waals surface area contributed by atoms with Crippen LogP contribution in [0.4, 0.5) is 5.82 Å². The summed E-state index contributed by atoms with van der Waals surface area (Å²) in [6.07, 6.45) is 1.82.